The summed E-state index contributed by atoms with van der Waals surface area (Å²) >= 11 is 6.49. The fraction of sp³-hybridized carbons (Fsp3) is 0.154. The maximum atomic E-state index is 14.3. The Morgan fingerprint density at radius 2 is 1.82 bits per heavy atom. The highest BCUT2D eigenvalue weighted by Gasteiger charge is 2.16. The third-order valence-corrected chi connectivity index (χ3v) is 5.90. The van der Waals surface area contributed by atoms with Crippen LogP contribution >= 0.6 is 11.6 Å². The monoisotopic (exact) mass is 463 g/mol. The van der Waals surface area contributed by atoms with Crippen molar-refractivity contribution in [3.8, 4) is 11.1 Å². The molecule has 0 saturated carbocycles. The predicted octanol–water partition coefficient (Wildman–Crippen LogP) is 5.82. The number of aliphatic carboxylic acids is 1. The summed E-state index contributed by atoms with van der Waals surface area (Å²) in [5.41, 5.74) is 10.4. The van der Waals surface area contributed by atoms with Gasteiger partial charge in [0.05, 0.1) is 22.3 Å². The molecular formula is C26H23ClFN3O2. The van der Waals surface area contributed by atoms with Crippen LogP contribution in [0.2, 0.25) is 5.02 Å². The van der Waals surface area contributed by atoms with Gasteiger partial charge in [-0.1, -0.05) is 60.1 Å². The van der Waals surface area contributed by atoms with Crippen LogP contribution in [0, 0.1) is 5.82 Å². The smallest absolute Gasteiger partial charge is 0.320 e. The summed E-state index contributed by atoms with van der Waals surface area (Å²) in [6.07, 6.45) is 1.84. The van der Waals surface area contributed by atoms with Gasteiger partial charge in [0.2, 0.25) is 0 Å². The van der Waals surface area contributed by atoms with Crippen LogP contribution in [0.1, 0.15) is 24.1 Å². The van der Waals surface area contributed by atoms with E-state index in [1.54, 1.807) is 24.4 Å². The van der Waals surface area contributed by atoms with Crippen LogP contribution in [-0.4, -0.2) is 22.1 Å². The van der Waals surface area contributed by atoms with E-state index in [-0.39, 0.29) is 18.3 Å². The van der Waals surface area contributed by atoms with E-state index >= 15 is 0 Å². The van der Waals surface area contributed by atoms with Gasteiger partial charge in [0.1, 0.15) is 11.9 Å². The van der Waals surface area contributed by atoms with Gasteiger partial charge in [0.25, 0.3) is 0 Å². The first-order valence-corrected chi connectivity index (χ1v) is 10.9. The Kier molecular flexibility index (Phi) is 6.58. The number of nitrogens with two attached hydrogens (primary N) is 1. The van der Waals surface area contributed by atoms with Gasteiger partial charge >= 0.3 is 5.97 Å². The van der Waals surface area contributed by atoms with Gasteiger partial charge in [0.15, 0.2) is 0 Å². The number of rotatable bonds is 7. The lowest BCUT2D eigenvalue weighted by Gasteiger charge is -2.19. The zero-order valence-electron chi connectivity index (χ0n) is 17.9. The average molecular weight is 464 g/mol. The lowest BCUT2D eigenvalue weighted by molar-refractivity contribution is -0.138. The van der Waals surface area contributed by atoms with Crippen LogP contribution in [0.15, 0.2) is 72.9 Å². The number of halogens is 2. The molecule has 4 rings (SSSR count). The van der Waals surface area contributed by atoms with E-state index in [9.17, 15) is 9.18 Å². The number of aromatic nitrogens is 1. The number of carbonyl (C=O) groups is 1. The standard InChI is InChI=1S/C26H23ClFN3O2/c1-15(19-4-2-3-5-22(19)28)31-25-20-13-18(10-11-24(20)30-14-21(25)27)17-8-6-16(7-9-17)12-23(29)26(32)33/h2-11,13-15,23H,12,29H2,1H3,(H,30,31)(H,32,33). The summed E-state index contributed by atoms with van der Waals surface area (Å²) in [6.45, 7) is 1.88. The van der Waals surface area contributed by atoms with E-state index in [2.05, 4.69) is 10.3 Å². The Morgan fingerprint density at radius 3 is 2.52 bits per heavy atom. The summed E-state index contributed by atoms with van der Waals surface area (Å²) in [6, 6.07) is 18.9. The number of anilines is 1. The maximum absolute atomic E-state index is 14.3. The van der Waals surface area contributed by atoms with Crippen LogP contribution in [-0.2, 0) is 11.2 Å². The lowest BCUT2D eigenvalue weighted by Crippen LogP contribution is -2.32. The van der Waals surface area contributed by atoms with Gasteiger partial charge in [0, 0.05) is 17.1 Å². The average Bonchev–Trinajstić information content (AvgIpc) is 2.81. The highest BCUT2D eigenvalue weighted by atomic mass is 35.5. The van der Waals surface area contributed by atoms with Crippen LogP contribution < -0.4 is 11.1 Å². The molecule has 0 saturated heterocycles. The van der Waals surface area contributed by atoms with Gasteiger partial charge in [-0.2, -0.15) is 0 Å². The van der Waals surface area contributed by atoms with E-state index in [1.165, 1.54) is 6.07 Å². The molecule has 3 aromatic carbocycles. The lowest BCUT2D eigenvalue weighted by atomic mass is 9.99. The Balaban J connectivity index is 1.67. The SMILES string of the molecule is CC(Nc1c(Cl)cnc2ccc(-c3ccc(CC(N)C(=O)O)cc3)cc12)c1ccccc1F. The molecule has 4 N–H and O–H groups in total. The third-order valence-electron chi connectivity index (χ3n) is 5.61. The third kappa shape index (κ3) is 4.97. The largest absolute Gasteiger partial charge is 0.480 e. The highest BCUT2D eigenvalue weighted by molar-refractivity contribution is 6.34. The van der Waals surface area contributed by atoms with Crippen molar-refractivity contribution in [1.29, 1.82) is 0 Å². The molecule has 0 amide bonds. The zero-order chi connectivity index (χ0) is 23.5. The second-order valence-electron chi connectivity index (χ2n) is 7.95. The van der Waals surface area contributed by atoms with Crippen molar-refractivity contribution in [2.75, 3.05) is 5.32 Å². The molecular weight excluding hydrogens is 441 g/mol. The van der Waals surface area contributed by atoms with Gasteiger partial charge in [-0.05, 0) is 48.2 Å². The molecule has 1 aromatic heterocycles. The van der Waals surface area contributed by atoms with Crippen LogP contribution in [0.3, 0.4) is 0 Å². The van der Waals surface area contributed by atoms with Crippen molar-refractivity contribution in [3.05, 3.63) is 94.9 Å². The number of pyridine rings is 1. The summed E-state index contributed by atoms with van der Waals surface area (Å²) in [5, 5.41) is 13.6. The molecule has 168 valence electrons. The van der Waals surface area contributed by atoms with Crippen LogP contribution in [0.4, 0.5) is 10.1 Å². The zero-order valence-corrected chi connectivity index (χ0v) is 18.7. The quantitative estimate of drug-likeness (QED) is 0.321. The highest BCUT2D eigenvalue weighted by Crippen LogP contribution is 2.35. The first-order chi connectivity index (χ1) is 15.8. The second kappa shape index (κ2) is 9.57. The Morgan fingerprint density at radius 1 is 1.12 bits per heavy atom. The summed E-state index contributed by atoms with van der Waals surface area (Å²) < 4.78 is 14.3. The van der Waals surface area contributed by atoms with Crippen molar-refractivity contribution >= 4 is 34.2 Å². The second-order valence-corrected chi connectivity index (χ2v) is 8.35. The Bertz CT molecular complexity index is 1310. The summed E-state index contributed by atoms with van der Waals surface area (Å²) in [4.78, 5) is 15.4. The molecule has 0 aliphatic heterocycles. The predicted molar refractivity (Wildman–Crippen MR) is 130 cm³/mol. The van der Waals surface area contributed by atoms with Gasteiger partial charge < -0.3 is 16.2 Å². The van der Waals surface area contributed by atoms with Gasteiger partial charge in [-0.15, -0.1) is 0 Å². The van der Waals surface area contributed by atoms with E-state index in [0.29, 0.717) is 16.3 Å². The van der Waals surface area contributed by atoms with Crippen molar-refractivity contribution in [1.82, 2.24) is 4.98 Å². The summed E-state index contributed by atoms with van der Waals surface area (Å²) in [5.74, 6) is -1.31. The number of fused-ring (bicyclic) bond motifs is 1. The molecule has 0 fully saturated rings. The molecule has 0 aliphatic carbocycles. The molecule has 5 nitrogen and oxygen atoms in total. The topological polar surface area (TPSA) is 88.2 Å². The maximum Gasteiger partial charge on any atom is 0.320 e. The molecule has 7 heteroatoms. The number of carboxylic acids is 1. The minimum Gasteiger partial charge on any atom is -0.480 e. The van der Waals surface area contributed by atoms with E-state index in [0.717, 1.165) is 27.6 Å². The minimum absolute atomic E-state index is 0.259. The van der Waals surface area contributed by atoms with E-state index < -0.39 is 12.0 Å². The van der Waals surface area contributed by atoms with Crippen LogP contribution in [0.5, 0.6) is 0 Å². The van der Waals surface area contributed by atoms with Gasteiger partial charge in [-0.3, -0.25) is 9.78 Å². The number of nitrogens with zero attached hydrogens (tertiary/aromatic N) is 1. The first-order valence-electron chi connectivity index (χ1n) is 10.5. The van der Waals surface area contributed by atoms with Crippen molar-refractivity contribution < 1.29 is 14.3 Å². The van der Waals surface area contributed by atoms with Crippen molar-refractivity contribution in [2.45, 2.75) is 25.4 Å². The fourth-order valence-electron chi connectivity index (χ4n) is 3.79. The van der Waals surface area contributed by atoms with Gasteiger partial charge in [-0.25, -0.2) is 4.39 Å². The van der Waals surface area contributed by atoms with Crippen LogP contribution in [0.25, 0.3) is 22.0 Å². The van der Waals surface area contributed by atoms with Crippen molar-refractivity contribution in [3.63, 3.8) is 0 Å². The molecule has 0 bridgehead atoms. The minimum atomic E-state index is -1.03. The number of carboxylic acid groups (broad SMARTS) is 1. The Hall–Kier alpha value is -3.48. The molecule has 4 aromatic rings. The molecule has 2 atom stereocenters. The normalized spacial score (nSPS) is 13.0. The van der Waals surface area contributed by atoms with Crippen molar-refractivity contribution in [2.24, 2.45) is 5.73 Å². The molecule has 0 spiro atoms. The number of hydrogen-bond donors (Lipinski definition) is 3. The van der Waals surface area contributed by atoms with E-state index in [4.69, 9.17) is 22.4 Å². The number of nitrogens with one attached hydrogen (secondary N) is 1. The molecule has 0 radical (unpaired) electrons. The Labute approximate surface area is 196 Å². The molecule has 33 heavy (non-hydrogen) atoms. The molecule has 2 unspecified atom stereocenters. The summed E-state index contributed by atoms with van der Waals surface area (Å²) in [7, 11) is 0. The molecule has 0 aliphatic rings. The number of hydrogen-bond acceptors (Lipinski definition) is 4. The first kappa shape index (κ1) is 22.7. The molecule has 1 heterocycles. The fourth-order valence-corrected chi connectivity index (χ4v) is 3.99. The number of benzene rings is 3. The van der Waals surface area contributed by atoms with E-state index in [1.807, 2.05) is 49.4 Å².